The smallest absolute Gasteiger partial charge is 0.251 e. The van der Waals surface area contributed by atoms with Crippen molar-refractivity contribution in [1.82, 2.24) is 5.32 Å². The van der Waals surface area contributed by atoms with Crippen LogP contribution in [0, 0.1) is 13.8 Å². The van der Waals surface area contributed by atoms with Crippen LogP contribution >= 0.6 is 0 Å². The van der Waals surface area contributed by atoms with E-state index >= 15 is 0 Å². The van der Waals surface area contributed by atoms with Crippen molar-refractivity contribution in [2.45, 2.75) is 32.4 Å². The maximum absolute atomic E-state index is 12.1. The Morgan fingerprint density at radius 2 is 1.80 bits per heavy atom. The van der Waals surface area contributed by atoms with Gasteiger partial charge in [0.1, 0.15) is 0 Å². The van der Waals surface area contributed by atoms with Gasteiger partial charge in [-0.25, -0.2) is 8.42 Å². The van der Waals surface area contributed by atoms with Crippen LogP contribution in [-0.4, -0.2) is 31.9 Å². The van der Waals surface area contributed by atoms with Crippen LogP contribution in [0.3, 0.4) is 0 Å². The van der Waals surface area contributed by atoms with Crippen LogP contribution in [0.2, 0.25) is 0 Å². The van der Waals surface area contributed by atoms with Crippen molar-refractivity contribution >= 4 is 21.4 Å². The van der Waals surface area contributed by atoms with Crippen molar-refractivity contribution in [1.29, 1.82) is 0 Å². The van der Waals surface area contributed by atoms with Gasteiger partial charge in [0.05, 0.1) is 4.75 Å². The van der Waals surface area contributed by atoms with E-state index in [1.165, 1.54) is 0 Å². The summed E-state index contributed by atoms with van der Waals surface area (Å²) in [6, 6.07) is 3.46. The maximum atomic E-state index is 12.1. The van der Waals surface area contributed by atoms with E-state index in [1.807, 2.05) is 19.9 Å². The van der Waals surface area contributed by atoms with E-state index in [4.69, 9.17) is 5.73 Å². The van der Waals surface area contributed by atoms with Crippen molar-refractivity contribution < 1.29 is 13.2 Å². The van der Waals surface area contributed by atoms with Crippen LogP contribution in [-0.2, 0) is 9.84 Å². The average molecular weight is 298 g/mol. The summed E-state index contributed by atoms with van der Waals surface area (Å²) in [4.78, 5) is 12.1. The highest BCUT2D eigenvalue weighted by molar-refractivity contribution is 7.92. The highest BCUT2D eigenvalue weighted by Gasteiger charge is 2.30. The van der Waals surface area contributed by atoms with Gasteiger partial charge >= 0.3 is 0 Å². The molecule has 3 N–H and O–H groups in total. The van der Waals surface area contributed by atoms with E-state index in [0.717, 1.165) is 17.4 Å². The van der Waals surface area contributed by atoms with Gasteiger partial charge in [0.25, 0.3) is 5.91 Å². The Morgan fingerprint density at radius 1 is 1.25 bits per heavy atom. The number of benzene rings is 1. The van der Waals surface area contributed by atoms with Crippen LogP contribution in [0.4, 0.5) is 5.69 Å². The highest BCUT2D eigenvalue weighted by Crippen LogP contribution is 2.18. The Balaban J connectivity index is 2.92. The Kier molecular flexibility index (Phi) is 4.49. The minimum absolute atomic E-state index is 0.0535. The molecule has 1 aromatic carbocycles. The zero-order valence-electron chi connectivity index (χ0n) is 12.6. The molecule has 0 heterocycles. The van der Waals surface area contributed by atoms with Gasteiger partial charge in [-0.15, -0.1) is 0 Å². The van der Waals surface area contributed by atoms with Crippen molar-refractivity contribution in [3.05, 3.63) is 28.8 Å². The van der Waals surface area contributed by atoms with E-state index < -0.39 is 14.6 Å². The fraction of sp³-hybridized carbons (Fsp3) is 0.500. The standard InChI is InChI=1S/C14H22N2O3S/c1-9-6-10(2)12(15)7-11(9)13(17)16-8-14(3,4)20(5,18)19/h6-7H,8,15H2,1-5H3,(H,16,17). The third-order valence-corrected chi connectivity index (χ3v) is 5.69. The minimum atomic E-state index is -3.24. The first-order valence-corrected chi connectivity index (χ1v) is 8.19. The summed E-state index contributed by atoms with van der Waals surface area (Å²) in [5.74, 6) is -0.314. The zero-order chi connectivity index (χ0) is 15.7. The number of carbonyl (C=O) groups is 1. The number of hydrogen-bond acceptors (Lipinski definition) is 4. The molecule has 20 heavy (non-hydrogen) atoms. The second-order valence-electron chi connectivity index (χ2n) is 5.74. The molecule has 0 bridgehead atoms. The first-order valence-electron chi connectivity index (χ1n) is 6.30. The predicted octanol–water partition coefficient (Wildman–Crippen LogP) is 1.44. The zero-order valence-corrected chi connectivity index (χ0v) is 13.4. The molecule has 1 amide bonds. The number of nitrogens with one attached hydrogen (secondary N) is 1. The fourth-order valence-corrected chi connectivity index (χ4v) is 1.97. The molecule has 0 radical (unpaired) electrons. The Hall–Kier alpha value is -1.56. The molecule has 5 nitrogen and oxygen atoms in total. The van der Waals surface area contributed by atoms with Crippen LogP contribution in [0.5, 0.6) is 0 Å². The van der Waals surface area contributed by atoms with Crippen LogP contribution in [0.1, 0.15) is 35.3 Å². The van der Waals surface area contributed by atoms with Gasteiger partial charge < -0.3 is 11.1 Å². The molecule has 0 aliphatic carbocycles. The van der Waals surface area contributed by atoms with Gasteiger partial charge in [-0.1, -0.05) is 6.07 Å². The molecule has 6 heteroatoms. The third-order valence-electron chi connectivity index (χ3n) is 3.54. The lowest BCUT2D eigenvalue weighted by molar-refractivity contribution is 0.0950. The topological polar surface area (TPSA) is 89.3 Å². The molecule has 0 unspecified atom stereocenters. The molecule has 0 saturated heterocycles. The van der Waals surface area contributed by atoms with Gasteiger partial charge in [-0.05, 0) is 44.9 Å². The van der Waals surface area contributed by atoms with Crippen LogP contribution < -0.4 is 11.1 Å². The van der Waals surface area contributed by atoms with E-state index in [-0.39, 0.29) is 12.5 Å². The van der Waals surface area contributed by atoms with Crippen LogP contribution in [0.15, 0.2) is 12.1 Å². The lowest BCUT2D eigenvalue weighted by Gasteiger charge is -2.23. The van der Waals surface area contributed by atoms with Crippen LogP contribution in [0.25, 0.3) is 0 Å². The van der Waals surface area contributed by atoms with Crippen molar-refractivity contribution in [2.24, 2.45) is 0 Å². The number of amides is 1. The lowest BCUT2D eigenvalue weighted by Crippen LogP contribution is -2.43. The van der Waals surface area contributed by atoms with E-state index in [1.54, 1.807) is 19.9 Å². The van der Waals surface area contributed by atoms with Gasteiger partial charge in [0.2, 0.25) is 0 Å². The molecule has 0 spiro atoms. The summed E-state index contributed by atoms with van der Waals surface area (Å²) in [5, 5.41) is 2.66. The Bertz CT molecular complexity index is 634. The molecule has 0 atom stereocenters. The molecule has 1 aromatic rings. The van der Waals surface area contributed by atoms with Gasteiger partial charge in [-0.3, -0.25) is 4.79 Å². The van der Waals surface area contributed by atoms with Gasteiger partial charge in [0, 0.05) is 24.1 Å². The van der Waals surface area contributed by atoms with Gasteiger partial charge in [0.15, 0.2) is 9.84 Å². The molecule has 0 saturated carbocycles. The molecular weight excluding hydrogens is 276 g/mol. The van der Waals surface area contributed by atoms with E-state index in [0.29, 0.717) is 11.3 Å². The fourth-order valence-electron chi connectivity index (χ4n) is 1.63. The SMILES string of the molecule is Cc1cc(C)c(C(=O)NCC(C)(C)S(C)(=O)=O)cc1N. The summed E-state index contributed by atoms with van der Waals surface area (Å²) < 4.78 is 22.2. The Morgan fingerprint density at radius 3 is 2.30 bits per heavy atom. The molecule has 0 aliphatic rings. The largest absolute Gasteiger partial charge is 0.398 e. The number of nitrogens with two attached hydrogens (primary N) is 1. The van der Waals surface area contributed by atoms with Crippen molar-refractivity contribution in [3.8, 4) is 0 Å². The number of hydrogen-bond donors (Lipinski definition) is 2. The van der Waals surface area contributed by atoms with E-state index in [9.17, 15) is 13.2 Å². The minimum Gasteiger partial charge on any atom is -0.398 e. The van der Waals surface area contributed by atoms with E-state index in [2.05, 4.69) is 5.32 Å². The number of sulfone groups is 1. The Labute approximate surface area is 120 Å². The number of rotatable bonds is 4. The summed E-state index contributed by atoms with van der Waals surface area (Å²) in [5.41, 5.74) is 8.54. The molecular formula is C14H22N2O3S. The second-order valence-corrected chi connectivity index (χ2v) is 8.39. The summed E-state index contributed by atoms with van der Waals surface area (Å²) in [6.07, 6.45) is 1.16. The average Bonchev–Trinajstić information content (AvgIpc) is 2.29. The molecule has 0 aromatic heterocycles. The third kappa shape index (κ3) is 3.50. The van der Waals surface area contributed by atoms with Crippen molar-refractivity contribution in [3.63, 3.8) is 0 Å². The molecule has 0 fully saturated rings. The predicted molar refractivity (Wildman–Crippen MR) is 81.6 cm³/mol. The summed E-state index contributed by atoms with van der Waals surface area (Å²) in [6.45, 7) is 6.91. The lowest BCUT2D eigenvalue weighted by atomic mass is 10.0. The first-order chi connectivity index (χ1) is 8.95. The van der Waals surface area contributed by atoms with Crippen molar-refractivity contribution in [2.75, 3.05) is 18.5 Å². The monoisotopic (exact) mass is 298 g/mol. The number of nitrogen functional groups attached to an aromatic ring is 1. The second kappa shape index (κ2) is 5.44. The number of anilines is 1. The summed E-state index contributed by atoms with van der Waals surface area (Å²) in [7, 11) is -3.24. The normalized spacial score (nSPS) is 12.2. The molecule has 112 valence electrons. The first kappa shape index (κ1) is 16.5. The number of aryl methyl sites for hydroxylation is 2. The maximum Gasteiger partial charge on any atom is 0.251 e. The molecule has 1 rings (SSSR count). The summed E-state index contributed by atoms with van der Waals surface area (Å²) >= 11 is 0. The quantitative estimate of drug-likeness (QED) is 0.823. The molecule has 0 aliphatic heterocycles. The number of carbonyl (C=O) groups excluding carboxylic acids is 1. The highest BCUT2D eigenvalue weighted by atomic mass is 32.2. The van der Waals surface area contributed by atoms with Gasteiger partial charge in [-0.2, -0.15) is 0 Å².